The van der Waals surface area contributed by atoms with Crippen molar-refractivity contribution < 1.29 is 0 Å². The first-order chi connectivity index (χ1) is 13.6. The third kappa shape index (κ3) is 3.88. The second-order valence-electron chi connectivity index (χ2n) is 7.33. The van der Waals surface area contributed by atoms with Gasteiger partial charge in [-0.15, -0.1) is 0 Å². The summed E-state index contributed by atoms with van der Waals surface area (Å²) in [4.78, 5) is 23.4. The van der Waals surface area contributed by atoms with Gasteiger partial charge in [-0.2, -0.15) is 0 Å². The van der Waals surface area contributed by atoms with Gasteiger partial charge in [-0.25, -0.2) is 9.83 Å². The Morgan fingerprint density at radius 1 is 1.11 bits per heavy atom. The summed E-state index contributed by atoms with van der Waals surface area (Å²) in [5.41, 5.74) is 5.80. The molecule has 0 fully saturated rings. The van der Waals surface area contributed by atoms with E-state index in [1.165, 1.54) is 5.56 Å². The van der Waals surface area contributed by atoms with Crippen LogP contribution in [0.15, 0.2) is 59.7 Å². The van der Waals surface area contributed by atoms with Crippen LogP contribution in [0, 0.1) is 13.5 Å². The summed E-state index contributed by atoms with van der Waals surface area (Å²) in [6.07, 6.45) is 2.45. The highest BCUT2D eigenvalue weighted by Gasteiger charge is 2.21. The van der Waals surface area contributed by atoms with Crippen molar-refractivity contribution in [3.05, 3.63) is 105 Å². The van der Waals surface area contributed by atoms with Crippen molar-refractivity contribution in [3.8, 4) is 0 Å². The highest BCUT2D eigenvalue weighted by atomic mass is 16.1. The Bertz CT molecular complexity index is 1090. The molecule has 0 saturated heterocycles. The summed E-state index contributed by atoms with van der Waals surface area (Å²) >= 11 is 0. The first kappa shape index (κ1) is 18.1. The molecule has 28 heavy (non-hydrogen) atoms. The SMILES string of the molecule is [C-]#[N+]c1cccc(CN2CCc3ncn(Cc4ccc(C)cc4)c(=O)c3C2)c1. The van der Waals surface area contributed by atoms with Crippen LogP contribution in [0.2, 0.25) is 0 Å². The Morgan fingerprint density at radius 3 is 2.71 bits per heavy atom. The summed E-state index contributed by atoms with van der Waals surface area (Å²) in [7, 11) is 0. The van der Waals surface area contributed by atoms with Crippen molar-refractivity contribution in [1.82, 2.24) is 14.5 Å². The zero-order valence-electron chi connectivity index (χ0n) is 15.9. The van der Waals surface area contributed by atoms with Crippen molar-refractivity contribution in [3.63, 3.8) is 0 Å². The summed E-state index contributed by atoms with van der Waals surface area (Å²) < 4.78 is 1.70. The van der Waals surface area contributed by atoms with Gasteiger partial charge in [0, 0.05) is 26.1 Å². The van der Waals surface area contributed by atoms with Crippen LogP contribution in [0.25, 0.3) is 4.85 Å². The van der Waals surface area contributed by atoms with Crippen LogP contribution in [-0.2, 0) is 26.1 Å². The second-order valence-corrected chi connectivity index (χ2v) is 7.33. The number of fused-ring (bicyclic) bond motifs is 1. The smallest absolute Gasteiger partial charge is 0.258 e. The lowest BCUT2D eigenvalue weighted by Crippen LogP contribution is -2.37. The van der Waals surface area contributed by atoms with Gasteiger partial charge in [0.15, 0.2) is 5.69 Å². The Labute approximate surface area is 164 Å². The van der Waals surface area contributed by atoms with Gasteiger partial charge < -0.3 is 0 Å². The van der Waals surface area contributed by atoms with Gasteiger partial charge in [-0.3, -0.25) is 14.3 Å². The number of aryl methyl sites for hydroxylation is 1. The fraction of sp³-hybridized carbons (Fsp3) is 0.261. The molecule has 1 aliphatic heterocycles. The maximum Gasteiger partial charge on any atom is 0.258 e. The van der Waals surface area contributed by atoms with E-state index in [9.17, 15) is 4.79 Å². The lowest BCUT2D eigenvalue weighted by Gasteiger charge is -2.28. The molecule has 0 bridgehead atoms. The zero-order chi connectivity index (χ0) is 19.5. The van der Waals surface area contributed by atoms with Gasteiger partial charge >= 0.3 is 0 Å². The Balaban J connectivity index is 1.54. The Morgan fingerprint density at radius 2 is 1.93 bits per heavy atom. The van der Waals surface area contributed by atoms with E-state index in [1.807, 2.05) is 24.3 Å². The van der Waals surface area contributed by atoms with Gasteiger partial charge in [0.1, 0.15) is 0 Å². The number of benzene rings is 2. The highest BCUT2D eigenvalue weighted by molar-refractivity contribution is 5.46. The van der Waals surface area contributed by atoms with Crippen molar-refractivity contribution in [1.29, 1.82) is 0 Å². The van der Waals surface area contributed by atoms with E-state index in [2.05, 4.69) is 45.9 Å². The third-order valence-electron chi connectivity index (χ3n) is 5.19. The molecule has 2 heterocycles. The summed E-state index contributed by atoms with van der Waals surface area (Å²) in [5.74, 6) is 0. The lowest BCUT2D eigenvalue weighted by atomic mass is 10.1. The molecular weight excluding hydrogens is 348 g/mol. The molecule has 0 unspecified atom stereocenters. The van der Waals surface area contributed by atoms with Gasteiger partial charge in [0.25, 0.3) is 5.56 Å². The van der Waals surface area contributed by atoms with Gasteiger partial charge in [0.05, 0.1) is 30.7 Å². The maximum absolute atomic E-state index is 13.0. The minimum absolute atomic E-state index is 0.0465. The molecule has 0 aliphatic carbocycles. The minimum atomic E-state index is 0.0465. The molecule has 0 N–H and O–H groups in total. The average Bonchev–Trinajstić information content (AvgIpc) is 2.72. The molecule has 0 atom stereocenters. The molecule has 0 spiro atoms. The van der Waals surface area contributed by atoms with Crippen LogP contribution in [-0.4, -0.2) is 21.0 Å². The zero-order valence-corrected chi connectivity index (χ0v) is 15.9. The molecule has 4 rings (SSSR count). The summed E-state index contributed by atoms with van der Waals surface area (Å²) in [6, 6.07) is 15.9. The normalized spacial score (nSPS) is 13.7. The van der Waals surface area contributed by atoms with Crippen molar-refractivity contribution in [2.75, 3.05) is 6.54 Å². The number of rotatable bonds is 4. The van der Waals surface area contributed by atoms with Crippen molar-refractivity contribution in [2.45, 2.75) is 33.0 Å². The predicted molar refractivity (Wildman–Crippen MR) is 109 cm³/mol. The molecule has 140 valence electrons. The standard InChI is InChI=1S/C23H22N4O/c1-17-6-8-18(9-7-17)14-27-16-25-22-10-11-26(15-21(22)23(27)28)13-19-4-3-5-20(12-19)24-2/h3-9,12,16H,10-11,13-15H2,1H3. The van der Waals surface area contributed by atoms with E-state index < -0.39 is 0 Å². The van der Waals surface area contributed by atoms with Crippen LogP contribution >= 0.6 is 0 Å². The highest BCUT2D eigenvalue weighted by Crippen LogP contribution is 2.19. The molecule has 3 aromatic rings. The van der Waals surface area contributed by atoms with Crippen LogP contribution in [0.1, 0.15) is 27.9 Å². The fourth-order valence-electron chi connectivity index (χ4n) is 3.63. The topological polar surface area (TPSA) is 42.5 Å². The van der Waals surface area contributed by atoms with Gasteiger partial charge in [-0.1, -0.05) is 54.1 Å². The lowest BCUT2D eigenvalue weighted by molar-refractivity contribution is 0.241. The van der Waals surface area contributed by atoms with E-state index in [-0.39, 0.29) is 5.56 Å². The predicted octanol–water partition coefficient (Wildman–Crippen LogP) is 3.71. The molecule has 1 aromatic heterocycles. The van der Waals surface area contributed by atoms with Crippen LogP contribution in [0.3, 0.4) is 0 Å². The molecule has 5 heteroatoms. The molecule has 0 amide bonds. The molecule has 1 aliphatic rings. The molecular formula is C23H22N4O. The average molecular weight is 370 g/mol. The van der Waals surface area contributed by atoms with Gasteiger partial charge in [0.2, 0.25) is 0 Å². The summed E-state index contributed by atoms with van der Waals surface area (Å²) in [6.45, 7) is 12.0. The minimum Gasteiger partial charge on any atom is -0.294 e. The van der Waals surface area contributed by atoms with E-state index in [4.69, 9.17) is 6.57 Å². The van der Waals surface area contributed by atoms with Crippen LogP contribution < -0.4 is 5.56 Å². The molecule has 0 saturated carbocycles. The largest absolute Gasteiger partial charge is 0.294 e. The molecule has 2 aromatic carbocycles. The molecule has 0 radical (unpaired) electrons. The number of nitrogens with zero attached hydrogens (tertiary/aromatic N) is 4. The van der Waals surface area contributed by atoms with Crippen molar-refractivity contribution >= 4 is 5.69 Å². The van der Waals surface area contributed by atoms with Gasteiger partial charge in [-0.05, 0) is 18.1 Å². The Hall–Kier alpha value is -3.23. The van der Waals surface area contributed by atoms with E-state index >= 15 is 0 Å². The van der Waals surface area contributed by atoms with E-state index in [1.54, 1.807) is 10.9 Å². The summed E-state index contributed by atoms with van der Waals surface area (Å²) in [5, 5.41) is 0. The first-order valence-electron chi connectivity index (χ1n) is 9.44. The third-order valence-corrected chi connectivity index (χ3v) is 5.19. The van der Waals surface area contributed by atoms with Crippen LogP contribution in [0.5, 0.6) is 0 Å². The number of hydrogen-bond acceptors (Lipinski definition) is 3. The second kappa shape index (κ2) is 7.79. The van der Waals surface area contributed by atoms with Crippen molar-refractivity contribution in [2.24, 2.45) is 0 Å². The quantitative estimate of drug-likeness (QED) is 0.658. The van der Waals surface area contributed by atoms with E-state index in [0.717, 1.165) is 41.9 Å². The maximum atomic E-state index is 13.0. The molecule has 5 nitrogen and oxygen atoms in total. The Kier molecular flexibility index (Phi) is 5.05. The first-order valence-corrected chi connectivity index (χ1v) is 9.44. The monoisotopic (exact) mass is 370 g/mol. The fourth-order valence-corrected chi connectivity index (χ4v) is 3.63. The number of hydrogen-bond donors (Lipinski definition) is 0. The number of aromatic nitrogens is 2. The van der Waals surface area contributed by atoms with Crippen LogP contribution in [0.4, 0.5) is 5.69 Å². The van der Waals surface area contributed by atoms with E-state index in [0.29, 0.717) is 18.8 Å².